The highest BCUT2D eigenvalue weighted by Gasteiger charge is 2.32. The first-order valence-electron chi connectivity index (χ1n) is 15.2. The molecule has 0 aliphatic heterocycles. The van der Waals surface area contributed by atoms with E-state index in [1.165, 1.54) is 50.6 Å². The summed E-state index contributed by atoms with van der Waals surface area (Å²) in [5.74, 6) is -2.66. The molecule has 0 spiro atoms. The van der Waals surface area contributed by atoms with E-state index in [2.05, 4.69) is 9.47 Å². The number of aryl methyl sites for hydroxylation is 1. The molecule has 0 saturated heterocycles. The number of carbonyl (C=O) groups excluding carboxylic acids is 3. The van der Waals surface area contributed by atoms with E-state index in [1.807, 2.05) is 0 Å². The second-order valence-electron chi connectivity index (χ2n) is 10.8. The highest BCUT2D eigenvalue weighted by molar-refractivity contribution is 6.05. The van der Waals surface area contributed by atoms with Gasteiger partial charge in [0.15, 0.2) is 5.78 Å². The van der Waals surface area contributed by atoms with Crippen LogP contribution in [0.15, 0.2) is 78.9 Å². The summed E-state index contributed by atoms with van der Waals surface area (Å²) in [6, 6.07) is 17.0. The molecule has 0 atom stereocenters. The molecule has 0 unspecified atom stereocenters. The number of methoxy groups -OCH3 is 2. The summed E-state index contributed by atoms with van der Waals surface area (Å²) in [6.45, 7) is 0. The van der Waals surface area contributed by atoms with Crippen LogP contribution in [0.25, 0.3) is 0 Å². The Morgan fingerprint density at radius 1 is 0.642 bits per heavy atom. The number of hydrogen-bond donors (Lipinski definition) is 1. The van der Waals surface area contributed by atoms with Gasteiger partial charge in [-0.3, -0.25) is 9.59 Å². The fourth-order valence-electron chi connectivity index (χ4n) is 5.05. The van der Waals surface area contributed by atoms with E-state index in [9.17, 15) is 45.5 Å². The van der Waals surface area contributed by atoms with E-state index in [1.54, 1.807) is 18.2 Å². The number of benzene rings is 4. The number of carbonyl (C=O) groups is 4. The molecule has 280 valence electrons. The Hall–Kier alpha value is -6.26. The van der Waals surface area contributed by atoms with Crippen LogP contribution in [-0.4, -0.2) is 55.7 Å². The number of carboxylic acid groups (broad SMARTS) is 1. The van der Waals surface area contributed by atoms with Gasteiger partial charge in [-0.05, 0) is 90.7 Å². The molecule has 0 saturated carbocycles. The first-order chi connectivity index (χ1) is 25.0. The second-order valence-corrected chi connectivity index (χ2v) is 10.8. The summed E-state index contributed by atoms with van der Waals surface area (Å²) < 4.78 is 101. The Bertz CT molecular complexity index is 1960. The molecular formula is C36H28F6O11. The Balaban J connectivity index is 0.000000237. The Labute approximate surface area is 296 Å². The smallest absolute Gasteiger partial charge is 0.481 e. The van der Waals surface area contributed by atoms with Gasteiger partial charge < -0.3 is 33.5 Å². The van der Waals surface area contributed by atoms with Gasteiger partial charge in [0.25, 0.3) is 0 Å². The number of rotatable bonds is 11. The van der Waals surface area contributed by atoms with Crippen molar-refractivity contribution in [3.63, 3.8) is 0 Å². The van der Waals surface area contributed by atoms with E-state index in [4.69, 9.17) is 24.1 Å². The minimum atomic E-state index is -4.81. The van der Waals surface area contributed by atoms with Gasteiger partial charge in [-0.2, -0.15) is 0 Å². The quantitative estimate of drug-likeness (QED) is 0.116. The summed E-state index contributed by atoms with van der Waals surface area (Å²) in [4.78, 5) is 46.9. The van der Waals surface area contributed by atoms with Crippen LogP contribution in [0.2, 0.25) is 0 Å². The number of ketones is 1. The van der Waals surface area contributed by atoms with Crippen molar-refractivity contribution in [1.29, 1.82) is 0 Å². The first-order valence-corrected chi connectivity index (χ1v) is 15.2. The fourth-order valence-corrected chi connectivity index (χ4v) is 5.05. The molecule has 1 N–H and O–H groups in total. The Morgan fingerprint density at radius 3 is 1.58 bits per heavy atom. The SMILES string of the molecule is COC(=O)c1c(CCC(=O)O)cccc1Oc1ccc(OC(F)(F)F)cc1.COC(=O)c1c(Oc2ccc(OC(F)(F)F)cc2)ccc2c1CCC2=O. The van der Waals surface area contributed by atoms with Crippen LogP contribution in [0.1, 0.15) is 55.0 Å². The summed E-state index contributed by atoms with van der Waals surface area (Å²) in [5, 5.41) is 8.83. The van der Waals surface area contributed by atoms with Crippen LogP contribution in [0.3, 0.4) is 0 Å². The van der Waals surface area contributed by atoms with Gasteiger partial charge in [-0.25, -0.2) is 9.59 Å². The minimum Gasteiger partial charge on any atom is -0.481 e. The molecule has 0 fully saturated rings. The number of halogens is 6. The van der Waals surface area contributed by atoms with E-state index in [0.717, 1.165) is 24.3 Å². The normalized spacial score (nSPS) is 12.1. The lowest BCUT2D eigenvalue weighted by molar-refractivity contribution is -0.275. The van der Waals surface area contributed by atoms with Crippen LogP contribution in [0, 0.1) is 0 Å². The molecule has 0 heterocycles. The number of hydrogen-bond acceptors (Lipinski definition) is 10. The van der Waals surface area contributed by atoms with Crippen molar-refractivity contribution in [3.05, 3.63) is 107 Å². The van der Waals surface area contributed by atoms with E-state index >= 15 is 0 Å². The maximum Gasteiger partial charge on any atom is 0.573 e. The van der Waals surface area contributed by atoms with Crippen molar-refractivity contribution in [2.75, 3.05) is 14.2 Å². The van der Waals surface area contributed by atoms with Gasteiger partial charge in [0.1, 0.15) is 45.6 Å². The van der Waals surface area contributed by atoms with Crippen molar-refractivity contribution in [1.82, 2.24) is 0 Å². The topological polar surface area (TPSA) is 144 Å². The van der Waals surface area contributed by atoms with Gasteiger partial charge in [-0.1, -0.05) is 12.1 Å². The summed E-state index contributed by atoms with van der Waals surface area (Å²) >= 11 is 0. The van der Waals surface area contributed by atoms with Gasteiger partial charge in [-0.15, -0.1) is 26.3 Å². The second kappa shape index (κ2) is 16.8. The van der Waals surface area contributed by atoms with E-state index in [-0.39, 0.29) is 52.7 Å². The average Bonchev–Trinajstić information content (AvgIpc) is 3.47. The van der Waals surface area contributed by atoms with Gasteiger partial charge in [0.2, 0.25) is 0 Å². The standard InChI is InChI=1S/C18H15F3O6.C18H13F3O5/c1-25-17(24)16-11(5-10-15(22)23)3-2-4-14(16)26-12-6-8-13(9-7-12)27-18(19,20)21;1-24-17(23)16-13-6-8-14(22)12(13)7-9-15(16)25-10-2-4-11(5-3-10)26-18(19,20)21/h2-4,6-9H,5,10H2,1H3,(H,22,23);2-5,7,9H,6,8H2,1H3. The number of esters is 2. The van der Waals surface area contributed by atoms with Crippen LogP contribution in [0.5, 0.6) is 34.5 Å². The maximum absolute atomic E-state index is 12.2. The van der Waals surface area contributed by atoms with Crippen LogP contribution < -0.4 is 18.9 Å². The van der Waals surface area contributed by atoms with Crippen LogP contribution in [0.4, 0.5) is 26.3 Å². The molecule has 5 rings (SSSR count). The molecule has 0 amide bonds. The summed E-state index contributed by atoms with van der Waals surface area (Å²) in [5.41, 5.74) is 1.62. The third-order valence-electron chi connectivity index (χ3n) is 7.25. The summed E-state index contributed by atoms with van der Waals surface area (Å²) in [6.07, 6.45) is -9.02. The largest absolute Gasteiger partial charge is 0.573 e. The molecular weight excluding hydrogens is 722 g/mol. The lowest BCUT2D eigenvalue weighted by Gasteiger charge is -2.14. The van der Waals surface area contributed by atoms with E-state index < -0.39 is 42.1 Å². The number of alkyl halides is 6. The highest BCUT2D eigenvalue weighted by atomic mass is 19.4. The molecule has 53 heavy (non-hydrogen) atoms. The van der Waals surface area contributed by atoms with Gasteiger partial charge >= 0.3 is 30.6 Å². The minimum absolute atomic E-state index is 0.0527. The Kier molecular flexibility index (Phi) is 12.6. The molecule has 0 aromatic heterocycles. The highest BCUT2D eigenvalue weighted by Crippen LogP contribution is 2.36. The third kappa shape index (κ3) is 11.1. The predicted molar refractivity (Wildman–Crippen MR) is 171 cm³/mol. The molecule has 1 aliphatic carbocycles. The fraction of sp³-hybridized carbons (Fsp3) is 0.222. The van der Waals surface area contributed by atoms with Crippen molar-refractivity contribution in [3.8, 4) is 34.5 Å². The number of carboxylic acids is 1. The first kappa shape index (κ1) is 39.5. The zero-order valence-electron chi connectivity index (χ0n) is 27.6. The zero-order chi connectivity index (χ0) is 38.9. The predicted octanol–water partition coefficient (Wildman–Crippen LogP) is 8.47. The Morgan fingerprint density at radius 2 is 1.11 bits per heavy atom. The van der Waals surface area contributed by atoms with Crippen molar-refractivity contribution < 1.29 is 79.0 Å². The summed E-state index contributed by atoms with van der Waals surface area (Å²) in [7, 11) is 2.38. The molecule has 11 nitrogen and oxygen atoms in total. The molecule has 0 radical (unpaired) electrons. The van der Waals surface area contributed by atoms with Crippen LogP contribution >= 0.6 is 0 Å². The lowest BCUT2D eigenvalue weighted by atomic mass is 10.0. The van der Waals surface area contributed by atoms with E-state index in [0.29, 0.717) is 29.5 Å². The van der Waals surface area contributed by atoms with Crippen molar-refractivity contribution in [2.45, 2.75) is 38.4 Å². The number of aliphatic carboxylic acids is 1. The zero-order valence-corrected chi connectivity index (χ0v) is 27.6. The number of fused-ring (bicyclic) bond motifs is 1. The van der Waals surface area contributed by atoms with Gasteiger partial charge in [0, 0.05) is 18.4 Å². The molecule has 0 bridgehead atoms. The van der Waals surface area contributed by atoms with Crippen LogP contribution in [-0.2, 0) is 27.1 Å². The third-order valence-corrected chi connectivity index (χ3v) is 7.25. The molecule has 17 heteroatoms. The molecule has 4 aromatic carbocycles. The molecule has 1 aliphatic rings. The maximum atomic E-state index is 12.2. The molecule has 4 aromatic rings. The van der Waals surface area contributed by atoms with Gasteiger partial charge in [0.05, 0.1) is 14.2 Å². The average molecular weight is 751 g/mol. The lowest BCUT2D eigenvalue weighted by Crippen LogP contribution is -2.16. The number of ether oxygens (including phenoxy) is 6. The van der Waals surface area contributed by atoms with Crippen molar-refractivity contribution in [2.24, 2.45) is 0 Å². The number of Topliss-reactive ketones (excluding diaryl/α,β-unsaturated/α-hetero) is 1. The monoisotopic (exact) mass is 750 g/mol. The van der Waals surface area contributed by atoms with Crippen molar-refractivity contribution >= 4 is 23.7 Å².